The molecule has 1 N–H and O–H groups in total. The smallest absolute Gasteiger partial charge is 0.130 e. The second-order valence-electron chi connectivity index (χ2n) is 4.45. The summed E-state index contributed by atoms with van der Waals surface area (Å²) in [5.41, 5.74) is 1.66. The highest BCUT2D eigenvalue weighted by atomic mass is 19.1. The molecular formula is C14H23FN2O. The summed E-state index contributed by atoms with van der Waals surface area (Å²) in [6.45, 7) is 3.53. The first-order chi connectivity index (χ1) is 8.61. The van der Waals surface area contributed by atoms with Crippen molar-refractivity contribution in [1.29, 1.82) is 0 Å². The van der Waals surface area contributed by atoms with Crippen molar-refractivity contribution in [1.82, 2.24) is 5.32 Å². The fourth-order valence-electron chi connectivity index (χ4n) is 2.00. The van der Waals surface area contributed by atoms with Crippen molar-refractivity contribution in [2.75, 3.05) is 39.3 Å². The normalized spacial score (nSPS) is 12.5. The molecule has 0 aliphatic heterocycles. The van der Waals surface area contributed by atoms with Crippen LogP contribution >= 0.6 is 0 Å². The van der Waals surface area contributed by atoms with Crippen molar-refractivity contribution < 1.29 is 9.13 Å². The molecular weight excluding hydrogens is 231 g/mol. The number of halogens is 1. The Balaban J connectivity index is 2.89. The maximum atomic E-state index is 13.9. The summed E-state index contributed by atoms with van der Waals surface area (Å²) in [6, 6.07) is 5.21. The molecule has 1 aromatic carbocycles. The van der Waals surface area contributed by atoms with E-state index >= 15 is 0 Å². The number of nitrogens with zero attached hydrogens (tertiary/aromatic N) is 1. The lowest BCUT2D eigenvalue weighted by Gasteiger charge is -2.25. The Morgan fingerprint density at radius 3 is 2.78 bits per heavy atom. The minimum absolute atomic E-state index is 0.00826. The number of ether oxygens (including phenoxy) is 1. The standard InChI is InChI=1S/C14H23FN2O/c1-11(16-2)14-12(15)7-5-8-13(14)17(3)9-6-10-18-4/h5,7-8,11,16H,6,9-10H2,1-4H3. The molecule has 0 amide bonds. The van der Waals surface area contributed by atoms with Gasteiger partial charge in [-0.1, -0.05) is 6.07 Å². The molecule has 102 valence electrons. The van der Waals surface area contributed by atoms with Crippen LogP contribution in [0.2, 0.25) is 0 Å². The predicted octanol–water partition coefficient (Wildman–Crippen LogP) is 2.58. The third-order valence-corrected chi connectivity index (χ3v) is 3.15. The van der Waals surface area contributed by atoms with Gasteiger partial charge in [0.05, 0.1) is 0 Å². The molecule has 1 aromatic rings. The predicted molar refractivity (Wildman–Crippen MR) is 73.6 cm³/mol. The largest absolute Gasteiger partial charge is 0.385 e. The molecule has 0 saturated carbocycles. The number of methoxy groups -OCH3 is 1. The fourth-order valence-corrected chi connectivity index (χ4v) is 2.00. The van der Waals surface area contributed by atoms with Crippen LogP contribution in [0.15, 0.2) is 18.2 Å². The van der Waals surface area contributed by atoms with Gasteiger partial charge < -0.3 is 15.0 Å². The molecule has 1 unspecified atom stereocenters. The molecule has 0 spiro atoms. The Kier molecular flexibility index (Phi) is 6.09. The van der Waals surface area contributed by atoms with Crippen LogP contribution in [0.3, 0.4) is 0 Å². The molecule has 3 nitrogen and oxygen atoms in total. The molecule has 0 saturated heterocycles. The fraction of sp³-hybridized carbons (Fsp3) is 0.571. The molecule has 0 aromatic heterocycles. The molecule has 0 bridgehead atoms. The lowest BCUT2D eigenvalue weighted by molar-refractivity contribution is 0.196. The van der Waals surface area contributed by atoms with E-state index in [0.717, 1.165) is 30.8 Å². The number of rotatable bonds is 7. The van der Waals surface area contributed by atoms with Gasteiger partial charge in [0, 0.05) is 44.6 Å². The summed E-state index contributed by atoms with van der Waals surface area (Å²) in [6.07, 6.45) is 0.927. The van der Waals surface area contributed by atoms with Gasteiger partial charge in [0.15, 0.2) is 0 Å². The maximum absolute atomic E-state index is 13.9. The van der Waals surface area contributed by atoms with E-state index in [4.69, 9.17) is 4.74 Å². The van der Waals surface area contributed by atoms with Crippen LogP contribution in [0, 0.1) is 5.82 Å². The van der Waals surface area contributed by atoms with Gasteiger partial charge in [-0.05, 0) is 32.5 Å². The highest BCUT2D eigenvalue weighted by Crippen LogP contribution is 2.28. The Labute approximate surface area is 109 Å². The number of anilines is 1. The summed E-state index contributed by atoms with van der Waals surface area (Å²) in [7, 11) is 5.51. The third-order valence-electron chi connectivity index (χ3n) is 3.15. The second-order valence-corrected chi connectivity index (χ2v) is 4.45. The lowest BCUT2D eigenvalue weighted by Crippen LogP contribution is -2.24. The number of hydrogen-bond donors (Lipinski definition) is 1. The highest BCUT2D eigenvalue weighted by Gasteiger charge is 2.16. The Morgan fingerprint density at radius 1 is 1.44 bits per heavy atom. The summed E-state index contributed by atoms with van der Waals surface area (Å²) in [5, 5.41) is 3.09. The number of hydrogen-bond acceptors (Lipinski definition) is 3. The van der Waals surface area contributed by atoms with Crippen molar-refractivity contribution in [3.05, 3.63) is 29.6 Å². The van der Waals surface area contributed by atoms with E-state index in [1.807, 2.05) is 27.1 Å². The van der Waals surface area contributed by atoms with E-state index in [9.17, 15) is 4.39 Å². The molecule has 0 heterocycles. The summed E-state index contributed by atoms with van der Waals surface area (Å²) >= 11 is 0. The van der Waals surface area contributed by atoms with Gasteiger partial charge in [-0.3, -0.25) is 0 Å². The minimum atomic E-state index is -0.159. The van der Waals surface area contributed by atoms with Crippen LogP contribution in [-0.2, 0) is 4.74 Å². The molecule has 0 aliphatic rings. The molecule has 4 heteroatoms. The van der Waals surface area contributed by atoms with Crippen LogP contribution in [0.25, 0.3) is 0 Å². The molecule has 18 heavy (non-hydrogen) atoms. The van der Waals surface area contributed by atoms with E-state index in [0.29, 0.717) is 0 Å². The van der Waals surface area contributed by atoms with E-state index in [1.54, 1.807) is 13.2 Å². The van der Waals surface area contributed by atoms with Crippen molar-refractivity contribution in [2.24, 2.45) is 0 Å². The minimum Gasteiger partial charge on any atom is -0.385 e. The summed E-state index contributed by atoms with van der Waals surface area (Å²) in [5.74, 6) is -0.159. The van der Waals surface area contributed by atoms with Gasteiger partial charge in [0.2, 0.25) is 0 Å². The molecule has 1 rings (SSSR count). The van der Waals surface area contributed by atoms with Gasteiger partial charge >= 0.3 is 0 Å². The number of benzene rings is 1. The van der Waals surface area contributed by atoms with E-state index < -0.39 is 0 Å². The van der Waals surface area contributed by atoms with E-state index in [2.05, 4.69) is 10.2 Å². The van der Waals surface area contributed by atoms with Gasteiger partial charge in [0.25, 0.3) is 0 Å². The van der Waals surface area contributed by atoms with Crippen LogP contribution in [-0.4, -0.2) is 34.4 Å². The van der Waals surface area contributed by atoms with Crippen molar-refractivity contribution in [3.8, 4) is 0 Å². The average molecular weight is 254 g/mol. The third kappa shape index (κ3) is 3.68. The first kappa shape index (κ1) is 14.9. The van der Waals surface area contributed by atoms with Gasteiger partial charge in [-0.2, -0.15) is 0 Å². The first-order valence-electron chi connectivity index (χ1n) is 6.27. The highest BCUT2D eigenvalue weighted by molar-refractivity contribution is 5.55. The Morgan fingerprint density at radius 2 is 2.17 bits per heavy atom. The van der Waals surface area contributed by atoms with Crippen LogP contribution in [0.4, 0.5) is 10.1 Å². The van der Waals surface area contributed by atoms with Crippen LogP contribution in [0.5, 0.6) is 0 Å². The molecule has 0 radical (unpaired) electrons. The first-order valence-corrected chi connectivity index (χ1v) is 6.27. The summed E-state index contributed by atoms with van der Waals surface area (Å²) < 4.78 is 19.0. The van der Waals surface area contributed by atoms with E-state index in [1.165, 1.54) is 6.07 Å². The zero-order valence-electron chi connectivity index (χ0n) is 11.7. The van der Waals surface area contributed by atoms with Gasteiger partial charge in [-0.25, -0.2) is 4.39 Å². The molecule has 1 atom stereocenters. The quantitative estimate of drug-likeness (QED) is 0.757. The SMILES string of the molecule is CNC(C)c1c(F)cccc1N(C)CCCOC. The van der Waals surface area contributed by atoms with Gasteiger partial charge in [-0.15, -0.1) is 0 Å². The second kappa shape index (κ2) is 7.34. The average Bonchev–Trinajstić information content (AvgIpc) is 2.37. The maximum Gasteiger partial charge on any atom is 0.130 e. The van der Waals surface area contributed by atoms with Gasteiger partial charge in [0.1, 0.15) is 5.82 Å². The lowest BCUT2D eigenvalue weighted by atomic mass is 10.0. The van der Waals surface area contributed by atoms with Crippen molar-refractivity contribution >= 4 is 5.69 Å². The zero-order valence-corrected chi connectivity index (χ0v) is 11.7. The van der Waals surface area contributed by atoms with E-state index in [-0.39, 0.29) is 11.9 Å². The van der Waals surface area contributed by atoms with Crippen LogP contribution < -0.4 is 10.2 Å². The number of nitrogens with one attached hydrogen (secondary N) is 1. The topological polar surface area (TPSA) is 24.5 Å². The zero-order chi connectivity index (χ0) is 13.5. The molecule has 0 fully saturated rings. The van der Waals surface area contributed by atoms with Crippen molar-refractivity contribution in [2.45, 2.75) is 19.4 Å². The molecule has 0 aliphatic carbocycles. The summed E-state index contributed by atoms with van der Waals surface area (Å²) in [4.78, 5) is 2.07. The Hall–Kier alpha value is -1.13. The van der Waals surface area contributed by atoms with Crippen molar-refractivity contribution in [3.63, 3.8) is 0 Å². The monoisotopic (exact) mass is 254 g/mol. The van der Waals surface area contributed by atoms with Crippen LogP contribution in [0.1, 0.15) is 24.9 Å². The Bertz CT molecular complexity index is 371.